The minimum Gasteiger partial charge on any atom is -0.478 e. The maximum absolute atomic E-state index is 12.9. The Hall–Kier alpha value is -2.21. The zero-order valence-corrected chi connectivity index (χ0v) is 11.2. The van der Waals surface area contributed by atoms with Crippen molar-refractivity contribution in [2.75, 3.05) is 5.32 Å². The van der Waals surface area contributed by atoms with Gasteiger partial charge in [0.15, 0.2) is 0 Å². The van der Waals surface area contributed by atoms with Gasteiger partial charge in [-0.2, -0.15) is 13.2 Å². The van der Waals surface area contributed by atoms with Crippen LogP contribution in [0.25, 0.3) is 0 Å². The Kier molecular flexibility index (Phi) is 4.09. The van der Waals surface area contributed by atoms with Crippen LogP contribution in [0.4, 0.5) is 24.5 Å². The SMILES string of the molecule is O=C(O)c1ccc(Nc2ccccc2C(F)(F)F)cc1Cl. The van der Waals surface area contributed by atoms with Gasteiger partial charge in [-0.05, 0) is 30.3 Å². The summed E-state index contributed by atoms with van der Waals surface area (Å²) in [5, 5.41) is 11.4. The van der Waals surface area contributed by atoms with E-state index >= 15 is 0 Å². The summed E-state index contributed by atoms with van der Waals surface area (Å²) < 4.78 is 38.6. The third kappa shape index (κ3) is 3.46. The Balaban J connectivity index is 2.35. The lowest BCUT2D eigenvalue weighted by atomic mass is 10.1. The van der Waals surface area contributed by atoms with Crippen molar-refractivity contribution in [3.63, 3.8) is 0 Å². The topological polar surface area (TPSA) is 49.3 Å². The van der Waals surface area contributed by atoms with E-state index in [0.717, 1.165) is 6.07 Å². The Morgan fingerprint density at radius 1 is 1.14 bits per heavy atom. The van der Waals surface area contributed by atoms with Crippen molar-refractivity contribution in [1.29, 1.82) is 0 Å². The van der Waals surface area contributed by atoms with Gasteiger partial charge >= 0.3 is 12.1 Å². The van der Waals surface area contributed by atoms with Crippen molar-refractivity contribution in [2.45, 2.75) is 6.18 Å². The number of halogens is 4. The first-order valence-electron chi connectivity index (χ1n) is 5.75. The number of carboxylic acids is 1. The Bertz CT molecular complexity index is 686. The smallest absolute Gasteiger partial charge is 0.418 e. The van der Waals surface area contributed by atoms with Crippen molar-refractivity contribution in [3.8, 4) is 0 Å². The fourth-order valence-corrected chi connectivity index (χ4v) is 2.02. The quantitative estimate of drug-likeness (QED) is 0.855. The number of carbonyl (C=O) groups is 1. The monoisotopic (exact) mass is 315 g/mol. The fourth-order valence-electron chi connectivity index (χ4n) is 1.76. The lowest BCUT2D eigenvalue weighted by Crippen LogP contribution is -2.08. The number of anilines is 2. The average Bonchev–Trinajstić information content (AvgIpc) is 2.37. The highest BCUT2D eigenvalue weighted by molar-refractivity contribution is 6.33. The van der Waals surface area contributed by atoms with Crippen molar-refractivity contribution in [2.24, 2.45) is 0 Å². The molecule has 0 fully saturated rings. The van der Waals surface area contributed by atoms with Crippen LogP contribution in [-0.4, -0.2) is 11.1 Å². The van der Waals surface area contributed by atoms with E-state index in [4.69, 9.17) is 16.7 Å². The molecule has 0 aliphatic heterocycles. The lowest BCUT2D eigenvalue weighted by Gasteiger charge is -2.14. The van der Waals surface area contributed by atoms with E-state index in [0.29, 0.717) is 0 Å². The molecule has 7 heteroatoms. The largest absolute Gasteiger partial charge is 0.478 e. The standard InChI is InChI=1S/C14H9ClF3NO2/c15-11-7-8(5-6-9(11)13(20)21)19-12-4-2-1-3-10(12)14(16,17)18/h1-7,19H,(H,20,21). The summed E-state index contributed by atoms with van der Waals surface area (Å²) >= 11 is 5.78. The van der Waals surface area contributed by atoms with Gasteiger partial charge in [-0.15, -0.1) is 0 Å². The molecule has 2 N–H and O–H groups in total. The molecule has 0 aromatic heterocycles. The van der Waals surface area contributed by atoms with Crippen LogP contribution in [0.15, 0.2) is 42.5 Å². The number of para-hydroxylation sites is 1. The second-order valence-electron chi connectivity index (χ2n) is 4.17. The molecule has 2 rings (SSSR count). The minimum atomic E-state index is -4.49. The third-order valence-corrected chi connectivity index (χ3v) is 3.02. The summed E-state index contributed by atoms with van der Waals surface area (Å²) in [6.45, 7) is 0. The van der Waals surface area contributed by atoms with Gasteiger partial charge in [0.05, 0.1) is 21.8 Å². The van der Waals surface area contributed by atoms with Crippen LogP contribution in [0, 0.1) is 0 Å². The number of nitrogens with one attached hydrogen (secondary N) is 1. The third-order valence-electron chi connectivity index (χ3n) is 2.71. The van der Waals surface area contributed by atoms with Gasteiger partial charge in [-0.3, -0.25) is 0 Å². The van der Waals surface area contributed by atoms with E-state index in [1.807, 2.05) is 0 Å². The van der Waals surface area contributed by atoms with Crippen LogP contribution >= 0.6 is 11.6 Å². The van der Waals surface area contributed by atoms with Crippen LogP contribution in [0.5, 0.6) is 0 Å². The zero-order valence-electron chi connectivity index (χ0n) is 10.4. The van der Waals surface area contributed by atoms with Crippen molar-refractivity contribution in [3.05, 3.63) is 58.6 Å². The summed E-state index contributed by atoms with van der Waals surface area (Å²) in [7, 11) is 0. The maximum Gasteiger partial charge on any atom is 0.418 e. The molecule has 0 aliphatic carbocycles. The van der Waals surface area contributed by atoms with Gasteiger partial charge in [-0.25, -0.2) is 4.79 Å². The van der Waals surface area contributed by atoms with Gasteiger partial charge in [-0.1, -0.05) is 23.7 Å². The first-order chi connectivity index (χ1) is 9.79. The van der Waals surface area contributed by atoms with Gasteiger partial charge in [0.25, 0.3) is 0 Å². The molecule has 0 saturated heterocycles. The molecule has 0 saturated carbocycles. The molecule has 3 nitrogen and oxygen atoms in total. The highest BCUT2D eigenvalue weighted by atomic mass is 35.5. The van der Waals surface area contributed by atoms with E-state index in [9.17, 15) is 18.0 Å². The van der Waals surface area contributed by atoms with Crippen LogP contribution in [0.1, 0.15) is 15.9 Å². The lowest BCUT2D eigenvalue weighted by molar-refractivity contribution is -0.136. The Morgan fingerprint density at radius 3 is 2.38 bits per heavy atom. The number of hydrogen-bond acceptors (Lipinski definition) is 2. The van der Waals surface area contributed by atoms with Crippen LogP contribution in [0.2, 0.25) is 5.02 Å². The Morgan fingerprint density at radius 2 is 1.81 bits per heavy atom. The zero-order chi connectivity index (χ0) is 15.6. The van der Waals surface area contributed by atoms with Gasteiger partial charge in [0.2, 0.25) is 0 Å². The van der Waals surface area contributed by atoms with Crippen molar-refractivity contribution in [1.82, 2.24) is 0 Å². The molecule has 2 aromatic carbocycles. The first-order valence-corrected chi connectivity index (χ1v) is 6.13. The van der Waals surface area contributed by atoms with Crippen molar-refractivity contribution < 1.29 is 23.1 Å². The molecule has 0 atom stereocenters. The Labute approximate surface area is 123 Å². The number of aromatic carboxylic acids is 1. The molecule has 0 aliphatic rings. The highest BCUT2D eigenvalue weighted by Gasteiger charge is 2.33. The molecule has 0 spiro atoms. The van der Waals surface area contributed by atoms with E-state index in [1.165, 1.54) is 36.4 Å². The molecule has 0 unspecified atom stereocenters. The second-order valence-corrected chi connectivity index (χ2v) is 4.58. The molecule has 21 heavy (non-hydrogen) atoms. The molecule has 0 heterocycles. The number of alkyl halides is 3. The predicted octanol–water partition coefficient (Wildman–Crippen LogP) is 4.80. The van der Waals surface area contributed by atoms with E-state index in [-0.39, 0.29) is 22.0 Å². The molecular weight excluding hydrogens is 307 g/mol. The minimum absolute atomic E-state index is 0.0583. The highest BCUT2D eigenvalue weighted by Crippen LogP contribution is 2.36. The normalized spacial score (nSPS) is 11.2. The molecule has 110 valence electrons. The van der Waals surface area contributed by atoms with Crippen LogP contribution < -0.4 is 5.32 Å². The molecule has 0 bridgehead atoms. The number of hydrogen-bond donors (Lipinski definition) is 2. The first kappa shape index (κ1) is 15.2. The molecule has 0 radical (unpaired) electrons. The van der Waals surface area contributed by atoms with Gasteiger partial charge in [0.1, 0.15) is 0 Å². The number of benzene rings is 2. The van der Waals surface area contributed by atoms with E-state index in [1.54, 1.807) is 0 Å². The molecule has 2 aromatic rings. The van der Waals surface area contributed by atoms with Crippen molar-refractivity contribution >= 4 is 28.9 Å². The number of rotatable bonds is 3. The fraction of sp³-hybridized carbons (Fsp3) is 0.0714. The van der Waals surface area contributed by atoms with E-state index in [2.05, 4.69) is 5.32 Å². The van der Waals surface area contributed by atoms with Crippen LogP contribution in [-0.2, 0) is 6.18 Å². The summed E-state index contributed by atoms with van der Waals surface area (Å²) in [5.74, 6) is -1.21. The number of carboxylic acid groups (broad SMARTS) is 1. The predicted molar refractivity (Wildman–Crippen MR) is 73.1 cm³/mol. The summed E-state index contributed by atoms with van der Waals surface area (Å²) in [6.07, 6.45) is -4.49. The summed E-state index contributed by atoms with van der Waals surface area (Å²) in [6, 6.07) is 8.82. The van der Waals surface area contributed by atoms with Crippen LogP contribution in [0.3, 0.4) is 0 Å². The molecular formula is C14H9ClF3NO2. The van der Waals surface area contributed by atoms with E-state index < -0.39 is 17.7 Å². The summed E-state index contributed by atoms with van der Waals surface area (Å²) in [5.41, 5.74) is -0.805. The summed E-state index contributed by atoms with van der Waals surface area (Å²) in [4.78, 5) is 10.8. The maximum atomic E-state index is 12.9. The second kappa shape index (κ2) is 5.65. The molecule has 0 amide bonds. The average molecular weight is 316 g/mol. The van der Waals surface area contributed by atoms with Gasteiger partial charge < -0.3 is 10.4 Å². The van der Waals surface area contributed by atoms with Gasteiger partial charge in [0, 0.05) is 5.69 Å².